The fourth-order valence-electron chi connectivity index (χ4n) is 7.40. The van der Waals surface area contributed by atoms with Gasteiger partial charge in [0.2, 0.25) is 10.5 Å². The molecule has 0 aromatic carbocycles. The average molecular weight is 766 g/mol. The molecule has 6 radical (unpaired) electrons. The zero-order chi connectivity index (χ0) is 17.1. The van der Waals surface area contributed by atoms with Crippen LogP contribution in [0.15, 0.2) is 11.6 Å². The van der Waals surface area contributed by atoms with Gasteiger partial charge in [-0.15, -0.1) is 0 Å². The van der Waals surface area contributed by atoms with Crippen LogP contribution in [-0.2, 0) is 9.22 Å². The first kappa shape index (κ1) is 28.7. The number of carbonyl (C=O) groups excluding carboxylic acids is 1. The molecule has 3 fully saturated rings. The Hall–Kier alpha value is 3.68. The van der Waals surface area contributed by atoms with Crippen LogP contribution in [0.3, 0.4) is 0 Å². The molecule has 0 saturated heterocycles. The molecule has 3 saturated carbocycles. The number of carbonyl (C=O) groups is 1. The third kappa shape index (κ3) is 4.96. The minimum absolute atomic E-state index is 0. The van der Waals surface area contributed by atoms with E-state index in [1.807, 2.05) is 6.92 Å². The van der Waals surface area contributed by atoms with Gasteiger partial charge in [-0.25, -0.2) is 0 Å². The van der Waals surface area contributed by atoms with Crippen molar-refractivity contribution in [3.8, 4) is 0 Å². The molecule has 0 bridgehead atoms. The number of hydrogen-bond acceptors (Lipinski definition) is 2. The molecule has 6 heteroatoms. The van der Waals surface area contributed by atoms with Crippen molar-refractivity contribution in [1.29, 1.82) is 0 Å². The van der Waals surface area contributed by atoms with Crippen molar-refractivity contribution in [2.45, 2.75) is 78.2 Å². The number of allylic oxidation sites excluding steroid dienone is 1. The normalized spacial score (nSPS) is 44.9. The summed E-state index contributed by atoms with van der Waals surface area (Å²) in [5.41, 5.74) is 2.30. The average Bonchev–Trinajstić information content (AvgIpc) is 2.91. The van der Waals surface area contributed by atoms with E-state index in [-0.39, 0.29) is 129 Å². The van der Waals surface area contributed by atoms with Gasteiger partial charge in [-0.1, -0.05) is 25.5 Å². The first-order valence-electron chi connectivity index (χ1n) is 9.92. The molecule has 0 unspecified atom stereocenters. The SMILES string of the molecule is CC(=O)[C@H]1CC[C@H]2[C@@H]3CC=C4C[C@@H](O[Si])CC[C@]4(C)[C@H]3CC[C@]12C.[Pr].[Pr].[Pr]. The summed E-state index contributed by atoms with van der Waals surface area (Å²) < 4.78 is 5.47. The van der Waals surface area contributed by atoms with Gasteiger partial charge in [-0.3, -0.25) is 4.79 Å². The van der Waals surface area contributed by atoms with Gasteiger partial charge in [-0.05, 0) is 86.9 Å². The van der Waals surface area contributed by atoms with Crippen LogP contribution in [0.5, 0.6) is 0 Å². The van der Waals surface area contributed by atoms with Crippen molar-refractivity contribution in [3.05, 3.63) is 11.6 Å². The fraction of sp³-hybridized carbons (Fsp3) is 0.857. The van der Waals surface area contributed by atoms with E-state index in [1.54, 1.807) is 5.57 Å². The Balaban J connectivity index is 0.00000121. The van der Waals surface area contributed by atoms with Gasteiger partial charge in [0.25, 0.3) is 0 Å². The van der Waals surface area contributed by atoms with Crippen LogP contribution in [0.2, 0.25) is 0 Å². The number of fused-ring (bicyclic) bond motifs is 5. The van der Waals surface area contributed by atoms with Gasteiger partial charge in [0.15, 0.2) is 0 Å². The van der Waals surface area contributed by atoms with E-state index in [0.717, 1.165) is 30.6 Å². The van der Waals surface area contributed by atoms with Crippen molar-refractivity contribution in [1.82, 2.24) is 0 Å². The molecule has 7 atom stereocenters. The number of rotatable bonds is 2. The van der Waals surface area contributed by atoms with Crippen LogP contribution in [0, 0.1) is 158 Å². The van der Waals surface area contributed by atoms with Gasteiger partial charge in [0, 0.05) is 136 Å². The second-order valence-corrected chi connectivity index (χ2v) is 9.76. The Morgan fingerprint density at radius 3 is 2.41 bits per heavy atom. The standard InChI is InChI=1S/C21H31O2Si.3Pr/c1-13(22)17-6-7-18-16-5-4-14-12-15(23-24)8-10-20(14,2)19(16)9-11-21(17,18)3;;;/h4,15-19H,5-12H2,1-3H3;;;/t15-,16-,17+,18-,19-,20-,21+;;;/m0.../s1. The Kier molecular flexibility index (Phi) is 11.9. The maximum atomic E-state index is 12.2. The van der Waals surface area contributed by atoms with Crippen LogP contribution in [0.25, 0.3) is 0 Å². The summed E-state index contributed by atoms with van der Waals surface area (Å²) in [7, 11) is 3.27. The van der Waals surface area contributed by atoms with Crippen LogP contribution in [-0.4, -0.2) is 22.4 Å². The summed E-state index contributed by atoms with van der Waals surface area (Å²) in [6.07, 6.45) is 12.6. The summed E-state index contributed by atoms with van der Waals surface area (Å²) in [5, 5.41) is 0. The van der Waals surface area contributed by atoms with E-state index in [4.69, 9.17) is 4.43 Å². The second kappa shape index (κ2) is 11.2. The van der Waals surface area contributed by atoms with Crippen LogP contribution >= 0.6 is 0 Å². The number of ketones is 1. The molecule has 0 amide bonds. The number of hydrogen-bond donors (Lipinski definition) is 0. The predicted octanol–water partition coefficient (Wildman–Crippen LogP) is 4.62. The van der Waals surface area contributed by atoms with Crippen molar-refractivity contribution in [2.75, 3.05) is 0 Å². The molecular formula is C21H31O2Pr3Si. The maximum absolute atomic E-state index is 12.2. The van der Waals surface area contributed by atoms with E-state index < -0.39 is 0 Å². The topological polar surface area (TPSA) is 26.3 Å². The van der Waals surface area contributed by atoms with Gasteiger partial charge in [0.05, 0.1) is 0 Å². The Bertz CT molecular complexity index is 584. The van der Waals surface area contributed by atoms with E-state index >= 15 is 0 Å². The molecule has 0 aromatic heterocycles. The van der Waals surface area contributed by atoms with Crippen molar-refractivity contribution >= 4 is 16.3 Å². The second-order valence-electron chi connectivity index (χ2n) is 9.53. The molecule has 0 N–H and O–H groups in total. The Morgan fingerprint density at radius 2 is 1.78 bits per heavy atom. The van der Waals surface area contributed by atoms with E-state index in [0.29, 0.717) is 23.2 Å². The van der Waals surface area contributed by atoms with Crippen LogP contribution < -0.4 is 0 Å². The molecule has 4 aliphatic carbocycles. The molecular weight excluding hydrogens is 735 g/mol. The summed E-state index contributed by atoms with van der Waals surface area (Å²) in [5.74, 6) is 3.12. The smallest absolute Gasteiger partial charge is 0.246 e. The molecule has 0 aliphatic heterocycles. The van der Waals surface area contributed by atoms with E-state index in [2.05, 4.69) is 30.4 Å². The quantitative estimate of drug-likeness (QED) is 0.303. The third-order valence-electron chi connectivity index (χ3n) is 8.72. The maximum Gasteiger partial charge on any atom is 0.246 e. The zero-order valence-electron chi connectivity index (χ0n) is 17.2. The molecule has 0 heterocycles. The van der Waals surface area contributed by atoms with Gasteiger partial charge < -0.3 is 4.43 Å². The van der Waals surface area contributed by atoms with E-state index in [9.17, 15) is 4.79 Å². The minimum Gasteiger partial charge on any atom is -0.415 e. The summed E-state index contributed by atoms with van der Waals surface area (Å²) in [6.45, 7) is 6.79. The summed E-state index contributed by atoms with van der Waals surface area (Å²) in [4.78, 5) is 12.2. The largest absolute Gasteiger partial charge is 0.415 e. The first-order valence-corrected chi connectivity index (χ1v) is 10.3. The summed E-state index contributed by atoms with van der Waals surface area (Å²) >= 11 is 0. The van der Waals surface area contributed by atoms with Crippen LogP contribution in [0.1, 0.15) is 72.1 Å². The molecule has 140 valence electrons. The monoisotopic (exact) mass is 766 g/mol. The Morgan fingerprint density at radius 1 is 1.07 bits per heavy atom. The zero-order valence-corrected chi connectivity index (χ0v) is 29.3. The minimum atomic E-state index is 0. The van der Waals surface area contributed by atoms with Crippen molar-refractivity contribution < 1.29 is 133 Å². The molecule has 4 aliphatic rings. The van der Waals surface area contributed by atoms with E-state index in [1.165, 1.54) is 38.5 Å². The van der Waals surface area contributed by atoms with Gasteiger partial charge in [0.1, 0.15) is 5.78 Å². The molecule has 0 aromatic rings. The molecule has 27 heavy (non-hydrogen) atoms. The molecule has 4 rings (SSSR count). The first-order chi connectivity index (χ1) is 11.4. The number of Topliss-reactive ketones (excluding diaryl/α,β-unsaturated/α-hetero) is 1. The van der Waals surface area contributed by atoms with Crippen molar-refractivity contribution in [3.63, 3.8) is 0 Å². The van der Waals surface area contributed by atoms with Gasteiger partial charge in [-0.2, -0.15) is 0 Å². The predicted molar refractivity (Wildman–Crippen MR) is 96.5 cm³/mol. The Labute approximate surface area is 268 Å². The fourth-order valence-corrected chi connectivity index (χ4v) is 7.60. The van der Waals surface area contributed by atoms with Crippen LogP contribution in [0.4, 0.5) is 0 Å². The molecule has 0 spiro atoms. The molecule has 2 nitrogen and oxygen atoms in total. The van der Waals surface area contributed by atoms with Gasteiger partial charge >= 0.3 is 0 Å². The third-order valence-corrected chi connectivity index (χ3v) is 9.05. The van der Waals surface area contributed by atoms with Crippen molar-refractivity contribution in [2.24, 2.45) is 34.5 Å². The summed E-state index contributed by atoms with van der Waals surface area (Å²) in [6, 6.07) is 0.